The second kappa shape index (κ2) is 11.2. The molecule has 0 fully saturated rings. The van der Waals surface area contributed by atoms with E-state index in [1.165, 1.54) is 0 Å². The first-order valence-electron chi connectivity index (χ1n) is 9.18. The fraction of sp³-hybridized carbons (Fsp3) is 0.550. The van der Waals surface area contributed by atoms with Crippen LogP contribution in [0.15, 0.2) is 30.3 Å². The molecule has 7 nitrogen and oxygen atoms in total. The summed E-state index contributed by atoms with van der Waals surface area (Å²) >= 11 is 0. The molecule has 0 bridgehead atoms. The largest absolute Gasteiger partial charge is 0.459 e. The zero-order valence-corrected chi connectivity index (χ0v) is 16.5. The third-order valence-electron chi connectivity index (χ3n) is 3.49. The van der Waals surface area contributed by atoms with E-state index in [2.05, 4.69) is 10.6 Å². The van der Waals surface area contributed by atoms with Crippen LogP contribution in [0.4, 0.5) is 4.79 Å². The lowest BCUT2D eigenvalue weighted by Gasteiger charge is -2.21. The SMILES string of the molecule is CCCC[C@H](NC(=O)OCc1ccccc1)C(=O)NCC(=O)OC(C)(C)C. The Kier molecular flexibility index (Phi) is 9.33. The van der Waals surface area contributed by atoms with Crippen LogP contribution in [0.1, 0.15) is 52.5 Å². The molecule has 0 spiro atoms. The van der Waals surface area contributed by atoms with Gasteiger partial charge in [-0.3, -0.25) is 9.59 Å². The summed E-state index contributed by atoms with van der Waals surface area (Å²) in [6, 6.07) is 8.50. The van der Waals surface area contributed by atoms with Gasteiger partial charge in [0, 0.05) is 0 Å². The molecule has 0 saturated heterocycles. The van der Waals surface area contributed by atoms with Gasteiger partial charge in [-0.1, -0.05) is 50.1 Å². The number of nitrogens with one attached hydrogen (secondary N) is 2. The zero-order valence-electron chi connectivity index (χ0n) is 16.5. The minimum Gasteiger partial charge on any atom is -0.459 e. The second-order valence-corrected chi connectivity index (χ2v) is 7.21. The molecule has 0 heterocycles. The summed E-state index contributed by atoms with van der Waals surface area (Å²) in [6.45, 7) is 7.11. The number of alkyl carbamates (subject to hydrolysis) is 1. The van der Waals surface area contributed by atoms with Crippen LogP contribution in [0.5, 0.6) is 0 Å². The number of rotatable bonds is 9. The van der Waals surface area contributed by atoms with Gasteiger partial charge in [0.2, 0.25) is 5.91 Å². The third-order valence-corrected chi connectivity index (χ3v) is 3.49. The summed E-state index contributed by atoms with van der Waals surface area (Å²) in [5, 5.41) is 5.08. The van der Waals surface area contributed by atoms with Crippen molar-refractivity contribution < 1.29 is 23.9 Å². The number of benzene rings is 1. The maximum Gasteiger partial charge on any atom is 0.408 e. The smallest absolute Gasteiger partial charge is 0.408 e. The maximum atomic E-state index is 12.3. The Morgan fingerprint density at radius 1 is 1.11 bits per heavy atom. The number of unbranched alkanes of at least 4 members (excludes halogenated alkanes) is 1. The molecule has 2 N–H and O–H groups in total. The zero-order chi connectivity index (χ0) is 20.3. The van der Waals surface area contributed by atoms with Gasteiger partial charge in [0.15, 0.2) is 0 Å². The molecule has 0 radical (unpaired) electrons. The Labute approximate surface area is 160 Å². The highest BCUT2D eigenvalue weighted by Gasteiger charge is 2.23. The van der Waals surface area contributed by atoms with Gasteiger partial charge in [-0.15, -0.1) is 0 Å². The first-order valence-corrected chi connectivity index (χ1v) is 9.18. The average Bonchev–Trinajstić information content (AvgIpc) is 2.61. The van der Waals surface area contributed by atoms with Gasteiger partial charge < -0.3 is 20.1 Å². The van der Waals surface area contributed by atoms with Crippen LogP contribution in [-0.4, -0.2) is 36.2 Å². The molecule has 1 atom stereocenters. The van der Waals surface area contributed by atoms with Gasteiger partial charge in [-0.05, 0) is 32.8 Å². The Morgan fingerprint density at radius 3 is 2.37 bits per heavy atom. The Balaban J connectivity index is 2.51. The molecule has 0 saturated carbocycles. The van der Waals surface area contributed by atoms with Crippen LogP contribution in [0.3, 0.4) is 0 Å². The summed E-state index contributed by atoms with van der Waals surface area (Å²) in [6.07, 6.45) is 1.41. The van der Waals surface area contributed by atoms with Gasteiger partial charge in [0.1, 0.15) is 24.8 Å². The van der Waals surface area contributed by atoms with Crippen molar-refractivity contribution in [2.24, 2.45) is 0 Å². The number of ether oxygens (including phenoxy) is 2. The van der Waals surface area contributed by atoms with E-state index < -0.39 is 29.6 Å². The van der Waals surface area contributed by atoms with Crippen LogP contribution in [0.25, 0.3) is 0 Å². The van der Waals surface area contributed by atoms with Crippen molar-refractivity contribution in [2.75, 3.05) is 6.54 Å². The molecule has 27 heavy (non-hydrogen) atoms. The summed E-state index contributed by atoms with van der Waals surface area (Å²) in [5.74, 6) is -0.970. The molecule has 1 aromatic carbocycles. The molecule has 0 unspecified atom stereocenters. The second-order valence-electron chi connectivity index (χ2n) is 7.21. The van der Waals surface area contributed by atoms with E-state index in [0.717, 1.165) is 18.4 Å². The van der Waals surface area contributed by atoms with Gasteiger partial charge in [0.25, 0.3) is 0 Å². The number of carbonyl (C=O) groups excluding carboxylic acids is 3. The van der Waals surface area contributed by atoms with E-state index in [1.54, 1.807) is 20.8 Å². The highest BCUT2D eigenvalue weighted by atomic mass is 16.6. The van der Waals surface area contributed by atoms with Crippen LogP contribution in [-0.2, 0) is 25.7 Å². The fourth-order valence-electron chi connectivity index (χ4n) is 2.24. The van der Waals surface area contributed by atoms with Crippen molar-refractivity contribution in [3.63, 3.8) is 0 Å². The molecule has 150 valence electrons. The topological polar surface area (TPSA) is 93.7 Å². The summed E-state index contributed by atoms with van der Waals surface area (Å²) in [4.78, 5) is 36.1. The lowest BCUT2D eigenvalue weighted by molar-refractivity contribution is -0.154. The van der Waals surface area contributed by atoms with E-state index in [9.17, 15) is 14.4 Å². The van der Waals surface area contributed by atoms with Crippen molar-refractivity contribution in [2.45, 2.75) is 65.2 Å². The van der Waals surface area contributed by atoms with Gasteiger partial charge >= 0.3 is 12.1 Å². The minimum atomic E-state index is -0.768. The van der Waals surface area contributed by atoms with Crippen molar-refractivity contribution in [1.82, 2.24) is 10.6 Å². The lowest BCUT2D eigenvalue weighted by atomic mass is 10.1. The number of amides is 2. The van der Waals surface area contributed by atoms with Gasteiger partial charge in [-0.2, -0.15) is 0 Å². The normalized spacial score (nSPS) is 12.0. The molecule has 0 aromatic heterocycles. The van der Waals surface area contributed by atoms with E-state index in [1.807, 2.05) is 37.3 Å². The molecule has 0 aliphatic heterocycles. The van der Waals surface area contributed by atoms with E-state index in [0.29, 0.717) is 6.42 Å². The third kappa shape index (κ3) is 10.2. The standard InChI is InChI=1S/C20H30N2O5/c1-5-6-12-16(18(24)21-13-17(23)27-20(2,3)4)22-19(25)26-14-15-10-8-7-9-11-15/h7-11,16H,5-6,12-14H2,1-4H3,(H,21,24)(H,22,25)/t16-/m0/s1. The summed E-state index contributed by atoms with van der Waals surface area (Å²) in [7, 11) is 0. The summed E-state index contributed by atoms with van der Waals surface area (Å²) < 4.78 is 10.3. The monoisotopic (exact) mass is 378 g/mol. The van der Waals surface area contributed by atoms with Gasteiger partial charge in [-0.25, -0.2) is 4.79 Å². The molecule has 2 amide bonds. The van der Waals surface area contributed by atoms with Gasteiger partial charge in [0.05, 0.1) is 0 Å². The number of hydrogen-bond acceptors (Lipinski definition) is 5. The number of carbonyl (C=O) groups is 3. The van der Waals surface area contributed by atoms with E-state index in [4.69, 9.17) is 9.47 Å². The Bertz CT molecular complexity index is 611. The Hall–Kier alpha value is -2.57. The molecule has 1 rings (SSSR count). The average molecular weight is 378 g/mol. The molecule has 0 aliphatic rings. The fourth-order valence-corrected chi connectivity index (χ4v) is 2.24. The quantitative estimate of drug-likeness (QED) is 0.645. The van der Waals surface area contributed by atoms with Crippen LogP contribution in [0, 0.1) is 0 Å². The predicted octanol–water partition coefficient (Wildman–Crippen LogP) is 2.93. The van der Waals surface area contributed by atoms with Crippen LogP contribution in [0.2, 0.25) is 0 Å². The van der Waals surface area contributed by atoms with Crippen molar-refractivity contribution >= 4 is 18.0 Å². The minimum absolute atomic E-state index is 0.118. The lowest BCUT2D eigenvalue weighted by Crippen LogP contribution is -2.48. The van der Waals surface area contributed by atoms with Crippen LogP contribution >= 0.6 is 0 Å². The first kappa shape index (κ1) is 22.5. The van der Waals surface area contributed by atoms with Crippen LogP contribution < -0.4 is 10.6 Å². The molecular formula is C20H30N2O5. The van der Waals surface area contributed by atoms with E-state index in [-0.39, 0.29) is 13.2 Å². The van der Waals surface area contributed by atoms with Crippen molar-refractivity contribution in [1.29, 1.82) is 0 Å². The maximum absolute atomic E-state index is 12.3. The number of esters is 1. The number of hydrogen-bond donors (Lipinski definition) is 2. The molecule has 0 aliphatic carbocycles. The highest BCUT2D eigenvalue weighted by molar-refractivity contribution is 5.88. The predicted molar refractivity (Wildman–Crippen MR) is 102 cm³/mol. The molecule has 7 heteroatoms. The molecule has 1 aromatic rings. The summed E-state index contributed by atoms with van der Waals surface area (Å²) in [5.41, 5.74) is 0.232. The van der Waals surface area contributed by atoms with Crippen molar-refractivity contribution in [3.05, 3.63) is 35.9 Å². The highest BCUT2D eigenvalue weighted by Crippen LogP contribution is 2.07. The molecular weight excluding hydrogens is 348 g/mol. The van der Waals surface area contributed by atoms with E-state index >= 15 is 0 Å². The Morgan fingerprint density at radius 2 is 1.78 bits per heavy atom. The first-order chi connectivity index (χ1) is 12.7. The van der Waals surface area contributed by atoms with Crippen molar-refractivity contribution in [3.8, 4) is 0 Å².